The lowest BCUT2D eigenvalue weighted by atomic mass is 9.98. The Morgan fingerprint density at radius 2 is 0.869 bits per heavy atom. The second kappa shape index (κ2) is 14.3. The topological polar surface area (TPSA) is 21.3 Å². The van der Waals surface area contributed by atoms with Crippen LogP contribution in [-0.2, 0) is 0 Å². The highest BCUT2D eigenvalue weighted by Crippen LogP contribution is 2.46. The summed E-state index contributed by atoms with van der Waals surface area (Å²) in [5.74, 6) is 0. The maximum absolute atomic E-state index is 6.89. The summed E-state index contributed by atoms with van der Waals surface area (Å²) in [5, 5.41) is 7.07. The number of hydrogen-bond acceptors (Lipinski definition) is 2. The van der Waals surface area contributed by atoms with Crippen LogP contribution in [0.3, 0.4) is 0 Å². The van der Waals surface area contributed by atoms with Gasteiger partial charge in [0.15, 0.2) is 0 Å². The van der Waals surface area contributed by atoms with Crippen LogP contribution in [0.4, 0.5) is 17.1 Å². The molecule has 10 aromatic carbocycles. The second-order valence-electron chi connectivity index (χ2n) is 15.7. The van der Waals surface area contributed by atoms with Gasteiger partial charge in [-0.15, -0.1) is 0 Å². The first-order chi connectivity index (χ1) is 30.2. The van der Waals surface area contributed by atoms with Crippen LogP contribution in [0.2, 0.25) is 0 Å². The molecule has 61 heavy (non-hydrogen) atoms. The molecule has 2 aromatic heterocycles. The molecule has 0 aliphatic heterocycles. The molecule has 0 saturated carbocycles. The van der Waals surface area contributed by atoms with Crippen molar-refractivity contribution >= 4 is 71.6 Å². The molecule has 12 aromatic rings. The van der Waals surface area contributed by atoms with Crippen LogP contribution >= 0.6 is 0 Å². The molecule has 0 fully saturated rings. The first-order valence-electron chi connectivity index (χ1n) is 20.8. The smallest absolute Gasteiger partial charge is 0.145 e. The number of aromatic nitrogens is 1. The van der Waals surface area contributed by atoms with Gasteiger partial charge < -0.3 is 13.9 Å². The van der Waals surface area contributed by atoms with E-state index in [1.807, 2.05) is 0 Å². The van der Waals surface area contributed by atoms with Gasteiger partial charge in [0.25, 0.3) is 0 Å². The van der Waals surface area contributed by atoms with Crippen molar-refractivity contribution in [2.45, 2.75) is 0 Å². The van der Waals surface area contributed by atoms with E-state index >= 15 is 0 Å². The molecule has 0 radical (unpaired) electrons. The number of rotatable bonds is 7. The minimum Gasteiger partial charge on any atom is -0.455 e. The lowest BCUT2D eigenvalue weighted by Gasteiger charge is -2.26. The van der Waals surface area contributed by atoms with E-state index in [1.165, 1.54) is 49.3 Å². The van der Waals surface area contributed by atoms with Crippen molar-refractivity contribution in [2.24, 2.45) is 0 Å². The maximum atomic E-state index is 6.89. The van der Waals surface area contributed by atoms with Crippen LogP contribution in [0.5, 0.6) is 0 Å². The molecule has 0 spiro atoms. The quantitative estimate of drug-likeness (QED) is 0.161. The number of furan rings is 1. The molecule has 3 heteroatoms. The van der Waals surface area contributed by atoms with E-state index < -0.39 is 0 Å². The van der Waals surface area contributed by atoms with E-state index in [2.05, 4.69) is 240 Å². The summed E-state index contributed by atoms with van der Waals surface area (Å²) in [7, 11) is 0. The highest BCUT2D eigenvalue weighted by Gasteiger charge is 2.23. The van der Waals surface area contributed by atoms with Crippen molar-refractivity contribution in [3.05, 3.63) is 231 Å². The number of benzene rings is 10. The van der Waals surface area contributed by atoms with Gasteiger partial charge in [0, 0.05) is 44.5 Å². The minimum atomic E-state index is 0.877. The predicted octanol–water partition coefficient (Wildman–Crippen LogP) is 16.3. The maximum Gasteiger partial charge on any atom is 0.145 e. The number of nitrogens with zero attached hydrogens (tertiary/aromatic N) is 2. The summed E-state index contributed by atoms with van der Waals surface area (Å²) < 4.78 is 9.32. The molecular weight excluding hydrogens is 741 g/mol. The van der Waals surface area contributed by atoms with Crippen LogP contribution in [-0.4, -0.2) is 4.57 Å². The molecule has 0 aliphatic rings. The largest absolute Gasteiger partial charge is 0.455 e. The summed E-state index contributed by atoms with van der Waals surface area (Å²) >= 11 is 0. The molecule has 3 nitrogen and oxygen atoms in total. The van der Waals surface area contributed by atoms with Crippen LogP contribution in [0, 0.1) is 0 Å². The third-order valence-corrected chi connectivity index (χ3v) is 12.2. The van der Waals surface area contributed by atoms with Gasteiger partial charge in [-0.2, -0.15) is 0 Å². The first-order valence-corrected chi connectivity index (χ1v) is 20.8. The molecule has 12 rings (SSSR count). The molecule has 0 N–H and O–H groups in total. The summed E-state index contributed by atoms with van der Waals surface area (Å²) in [4.78, 5) is 2.34. The van der Waals surface area contributed by atoms with Crippen molar-refractivity contribution in [3.63, 3.8) is 0 Å². The highest BCUT2D eigenvalue weighted by molar-refractivity contribution is 6.27. The fraction of sp³-hybridized carbons (Fsp3) is 0. The normalized spacial score (nSPS) is 11.6. The summed E-state index contributed by atoms with van der Waals surface area (Å²) in [6.45, 7) is 0. The van der Waals surface area contributed by atoms with Crippen molar-refractivity contribution < 1.29 is 4.42 Å². The number of hydrogen-bond donors (Lipinski definition) is 0. The molecule has 0 aliphatic carbocycles. The molecule has 0 bridgehead atoms. The van der Waals surface area contributed by atoms with E-state index in [0.29, 0.717) is 0 Å². The Labute approximate surface area is 353 Å². The predicted molar refractivity (Wildman–Crippen MR) is 257 cm³/mol. The van der Waals surface area contributed by atoms with E-state index in [0.717, 1.165) is 61.3 Å². The molecular formula is C58H38N2O. The molecule has 2 heterocycles. The zero-order chi connectivity index (χ0) is 40.3. The Hall–Kier alpha value is -8.14. The van der Waals surface area contributed by atoms with Gasteiger partial charge >= 0.3 is 0 Å². The van der Waals surface area contributed by atoms with Crippen molar-refractivity contribution in [1.29, 1.82) is 0 Å². The van der Waals surface area contributed by atoms with Gasteiger partial charge in [-0.25, -0.2) is 0 Å². The van der Waals surface area contributed by atoms with Gasteiger partial charge in [0.1, 0.15) is 11.2 Å². The Morgan fingerprint density at radius 1 is 0.361 bits per heavy atom. The Balaban J connectivity index is 1.03. The first kappa shape index (κ1) is 34.9. The molecule has 0 unspecified atom stereocenters. The van der Waals surface area contributed by atoms with Crippen LogP contribution in [0.1, 0.15) is 0 Å². The van der Waals surface area contributed by atoms with Gasteiger partial charge in [0.05, 0.1) is 16.4 Å². The summed E-state index contributed by atoms with van der Waals surface area (Å²) in [5.41, 5.74) is 15.4. The number of para-hydroxylation sites is 2. The summed E-state index contributed by atoms with van der Waals surface area (Å²) in [6, 6.07) is 82.7. The Bertz CT molecular complexity index is 3460. The highest BCUT2D eigenvalue weighted by atomic mass is 16.3. The van der Waals surface area contributed by atoms with Gasteiger partial charge in [-0.3, -0.25) is 0 Å². The minimum absolute atomic E-state index is 0.877. The fourth-order valence-corrected chi connectivity index (χ4v) is 9.24. The molecule has 0 amide bonds. The van der Waals surface area contributed by atoms with E-state index in [4.69, 9.17) is 4.42 Å². The van der Waals surface area contributed by atoms with Gasteiger partial charge in [0.2, 0.25) is 0 Å². The fourth-order valence-electron chi connectivity index (χ4n) is 9.24. The van der Waals surface area contributed by atoms with Crippen LogP contribution < -0.4 is 4.90 Å². The number of anilines is 3. The molecule has 0 atom stereocenters. The van der Waals surface area contributed by atoms with Crippen molar-refractivity contribution in [2.75, 3.05) is 4.90 Å². The second-order valence-corrected chi connectivity index (χ2v) is 15.7. The third kappa shape index (κ3) is 5.90. The molecule has 0 saturated heterocycles. The average molecular weight is 779 g/mol. The lowest BCUT2D eigenvalue weighted by molar-refractivity contribution is 0.670. The van der Waals surface area contributed by atoms with E-state index in [-0.39, 0.29) is 0 Å². The summed E-state index contributed by atoms with van der Waals surface area (Å²) in [6.07, 6.45) is 0. The zero-order valence-electron chi connectivity index (χ0n) is 33.2. The molecule has 286 valence electrons. The van der Waals surface area contributed by atoms with Crippen molar-refractivity contribution in [3.8, 4) is 39.1 Å². The lowest BCUT2D eigenvalue weighted by Crippen LogP contribution is -2.09. The Kier molecular flexibility index (Phi) is 8.17. The van der Waals surface area contributed by atoms with E-state index in [1.54, 1.807) is 0 Å². The van der Waals surface area contributed by atoms with Crippen LogP contribution in [0.15, 0.2) is 235 Å². The standard InChI is InChI=1S/C58H38N2O/c1-3-13-39(14-4-1)42-23-30-46(31-24-42)59(47-32-25-43(26-33-47)40-15-5-2-6-16-40)48-34-28-44(29-35-48)52-38-53-50-19-9-11-21-54(50)60(49-36-27-41-17-7-8-18-45(41)37-49)57(53)56-51-20-10-12-22-55(51)61-58(52)56/h1-38H. The van der Waals surface area contributed by atoms with Crippen LogP contribution in [0.25, 0.3) is 93.6 Å². The van der Waals surface area contributed by atoms with Gasteiger partial charge in [-0.05, 0) is 105 Å². The van der Waals surface area contributed by atoms with E-state index in [9.17, 15) is 0 Å². The SMILES string of the molecule is c1ccc(-c2ccc(N(c3ccc(-c4ccccc4)cc3)c3ccc(-c4cc5c6ccccc6n(-c6ccc7ccccc7c6)c5c5c4oc4ccccc45)cc3)cc2)cc1. The number of fused-ring (bicyclic) bond motifs is 8. The van der Waals surface area contributed by atoms with Crippen molar-refractivity contribution in [1.82, 2.24) is 4.57 Å². The Morgan fingerprint density at radius 3 is 1.51 bits per heavy atom. The van der Waals surface area contributed by atoms with Gasteiger partial charge in [-0.1, -0.05) is 164 Å². The third-order valence-electron chi connectivity index (χ3n) is 12.2. The monoisotopic (exact) mass is 778 g/mol. The zero-order valence-corrected chi connectivity index (χ0v) is 33.2. The average Bonchev–Trinajstić information content (AvgIpc) is 3.89.